The predicted octanol–water partition coefficient (Wildman–Crippen LogP) is 11.1. The third-order valence-corrected chi connectivity index (χ3v) is 9.79. The van der Waals surface area contributed by atoms with E-state index in [0.29, 0.717) is 31.9 Å². The maximum absolute atomic E-state index is 13.2. The molecular weight excluding hydrogens is 635 g/mol. The largest absolute Gasteiger partial charge is 0.462 e. The molecular formula is C40H71N3O5S. The smallest absolute Gasteiger partial charge is 0.307 e. The normalized spacial score (nSPS) is 11.4. The lowest BCUT2D eigenvalue weighted by molar-refractivity contribution is -0.150. The van der Waals surface area contributed by atoms with Crippen LogP contribution in [0.25, 0.3) is 0 Å². The quantitative estimate of drug-likeness (QED) is 0.0408. The van der Waals surface area contributed by atoms with Gasteiger partial charge in [0, 0.05) is 44.2 Å². The van der Waals surface area contributed by atoms with Gasteiger partial charge >= 0.3 is 11.9 Å². The van der Waals surface area contributed by atoms with Crippen LogP contribution in [-0.4, -0.2) is 63.2 Å². The molecule has 1 aromatic rings. The summed E-state index contributed by atoms with van der Waals surface area (Å²) < 4.78 is 13.4. The van der Waals surface area contributed by atoms with Gasteiger partial charge in [0.05, 0.1) is 12.7 Å². The topological polar surface area (TPSA) is 90.7 Å². The molecule has 282 valence electrons. The van der Waals surface area contributed by atoms with E-state index in [2.05, 4.69) is 31.8 Å². The second-order valence-electron chi connectivity index (χ2n) is 13.3. The van der Waals surface area contributed by atoms with Gasteiger partial charge in [-0.15, -0.1) is 0 Å². The van der Waals surface area contributed by atoms with E-state index in [9.17, 15) is 14.4 Å². The number of thioether (sulfide) groups is 1. The van der Waals surface area contributed by atoms with E-state index >= 15 is 0 Å². The second-order valence-corrected chi connectivity index (χ2v) is 14.4. The summed E-state index contributed by atoms with van der Waals surface area (Å²) in [5.41, 5.74) is 0. The highest BCUT2D eigenvalue weighted by Gasteiger charge is 2.19. The molecule has 0 fully saturated rings. The molecule has 0 saturated carbocycles. The third kappa shape index (κ3) is 27.2. The first-order valence-corrected chi connectivity index (χ1v) is 20.9. The summed E-state index contributed by atoms with van der Waals surface area (Å²) in [7, 11) is 0. The maximum atomic E-state index is 13.2. The number of carbonyl (C=O) groups is 3. The fraction of sp³-hybridized carbons (Fsp3) is 0.800. The standard InChI is InChI=1S/C40H71N3O5S/c1-4-7-10-13-14-17-23-34-47-38(44)27-21-18-22-31-43(40(46)49-35-24-30-42-33-29-41-36-42)32-28-39(45)48-37(25-19-15-11-8-5-2)26-20-16-12-9-6-3/h17,23,29,33,36-37H,4-16,18-22,24-28,30-32,34-35H2,1-3H3/b23-17-. The van der Waals surface area contributed by atoms with Gasteiger partial charge in [0.15, 0.2) is 0 Å². The van der Waals surface area contributed by atoms with Crippen molar-refractivity contribution in [3.05, 3.63) is 30.9 Å². The number of hydrogen-bond acceptors (Lipinski definition) is 7. The number of allylic oxidation sites excluding steroid dienone is 1. The van der Waals surface area contributed by atoms with Crippen LogP contribution in [0, 0.1) is 0 Å². The van der Waals surface area contributed by atoms with Crippen molar-refractivity contribution in [1.29, 1.82) is 0 Å². The molecule has 1 rings (SSSR count). The lowest BCUT2D eigenvalue weighted by atomic mass is 10.0. The number of imidazole rings is 1. The van der Waals surface area contributed by atoms with Crippen LogP contribution < -0.4 is 0 Å². The molecule has 0 radical (unpaired) electrons. The number of aromatic nitrogens is 2. The van der Waals surface area contributed by atoms with Crippen molar-refractivity contribution < 1.29 is 23.9 Å². The number of nitrogens with zero attached hydrogens (tertiary/aromatic N) is 3. The van der Waals surface area contributed by atoms with E-state index in [1.165, 1.54) is 88.8 Å². The molecule has 0 saturated heterocycles. The van der Waals surface area contributed by atoms with Crippen LogP contribution in [0.1, 0.15) is 168 Å². The van der Waals surface area contributed by atoms with E-state index in [1.54, 1.807) is 17.4 Å². The molecule has 0 aliphatic carbocycles. The number of rotatable bonds is 33. The molecule has 0 aliphatic rings. The summed E-state index contributed by atoms with van der Waals surface area (Å²) in [5.74, 6) is 0.326. The predicted molar refractivity (Wildman–Crippen MR) is 205 cm³/mol. The molecule has 0 bridgehead atoms. The van der Waals surface area contributed by atoms with Gasteiger partial charge in [-0.3, -0.25) is 14.4 Å². The minimum Gasteiger partial charge on any atom is -0.462 e. The fourth-order valence-electron chi connectivity index (χ4n) is 5.73. The number of unbranched alkanes of at least 4 members (excludes halogenated alkanes) is 14. The first-order chi connectivity index (χ1) is 24.0. The van der Waals surface area contributed by atoms with Crippen LogP contribution in [0.15, 0.2) is 30.9 Å². The molecule has 0 aromatic carbocycles. The van der Waals surface area contributed by atoms with Crippen LogP contribution in [0.5, 0.6) is 0 Å². The summed E-state index contributed by atoms with van der Waals surface area (Å²) >= 11 is 1.31. The number of ether oxygens (including phenoxy) is 2. The van der Waals surface area contributed by atoms with E-state index in [1.807, 2.05) is 16.8 Å². The lowest BCUT2D eigenvalue weighted by Crippen LogP contribution is -2.32. The van der Waals surface area contributed by atoms with Crippen LogP contribution in [-0.2, 0) is 25.6 Å². The molecule has 0 aliphatic heterocycles. The Kier molecular flexibility index (Phi) is 30.0. The first-order valence-electron chi connectivity index (χ1n) is 19.9. The Morgan fingerprint density at radius 1 is 0.735 bits per heavy atom. The van der Waals surface area contributed by atoms with E-state index < -0.39 is 0 Å². The third-order valence-electron chi connectivity index (χ3n) is 8.79. The summed E-state index contributed by atoms with van der Waals surface area (Å²) in [5, 5.41) is 0.00252. The molecule has 0 spiro atoms. The zero-order valence-corrected chi connectivity index (χ0v) is 32.4. The molecule has 9 heteroatoms. The summed E-state index contributed by atoms with van der Waals surface area (Å²) in [4.78, 5) is 44.3. The monoisotopic (exact) mass is 706 g/mol. The Balaban J connectivity index is 2.53. The van der Waals surface area contributed by atoms with E-state index in [0.717, 1.165) is 64.3 Å². The second kappa shape index (κ2) is 32.9. The molecule has 0 unspecified atom stereocenters. The van der Waals surface area contributed by atoms with Crippen molar-refractivity contribution in [3.8, 4) is 0 Å². The minimum absolute atomic E-state index is 0.00252. The van der Waals surface area contributed by atoms with Crippen LogP contribution in [0.3, 0.4) is 0 Å². The molecule has 0 atom stereocenters. The van der Waals surface area contributed by atoms with Crippen LogP contribution in [0.2, 0.25) is 0 Å². The van der Waals surface area contributed by atoms with Gasteiger partial charge < -0.3 is 18.9 Å². The van der Waals surface area contributed by atoms with Gasteiger partial charge in [-0.2, -0.15) is 0 Å². The Morgan fingerprint density at radius 2 is 1.39 bits per heavy atom. The van der Waals surface area contributed by atoms with Gasteiger partial charge in [0.2, 0.25) is 0 Å². The Labute approximate surface area is 303 Å². The zero-order chi connectivity index (χ0) is 35.6. The first kappa shape index (κ1) is 44.7. The van der Waals surface area contributed by atoms with Crippen molar-refractivity contribution in [3.63, 3.8) is 0 Å². The molecule has 1 aromatic heterocycles. The van der Waals surface area contributed by atoms with Crippen molar-refractivity contribution in [2.45, 2.75) is 181 Å². The average molecular weight is 706 g/mol. The molecule has 49 heavy (non-hydrogen) atoms. The number of aryl methyl sites for hydroxylation is 1. The van der Waals surface area contributed by atoms with Crippen molar-refractivity contribution in [2.24, 2.45) is 0 Å². The summed E-state index contributed by atoms with van der Waals surface area (Å²) in [6, 6.07) is 0. The zero-order valence-electron chi connectivity index (χ0n) is 31.6. The molecule has 1 amide bonds. The number of hydrogen-bond donors (Lipinski definition) is 0. The fourth-order valence-corrected chi connectivity index (χ4v) is 6.55. The van der Waals surface area contributed by atoms with Gasteiger partial charge in [-0.1, -0.05) is 122 Å². The van der Waals surface area contributed by atoms with Gasteiger partial charge in [-0.25, -0.2) is 4.98 Å². The highest BCUT2D eigenvalue weighted by Crippen LogP contribution is 2.18. The Hall–Kier alpha value is -2.29. The SMILES string of the molecule is CCCCCC/C=C\COC(=O)CCCCCN(CCC(=O)OC(CCCCCCC)CCCCCCC)C(=O)SCCCn1ccnc1. The Bertz CT molecular complexity index is 942. The molecule has 1 heterocycles. The van der Waals surface area contributed by atoms with Crippen LogP contribution >= 0.6 is 11.8 Å². The van der Waals surface area contributed by atoms with Crippen molar-refractivity contribution >= 4 is 28.9 Å². The summed E-state index contributed by atoms with van der Waals surface area (Å²) in [6.07, 6.45) is 33.1. The maximum Gasteiger partial charge on any atom is 0.307 e. The van der Waals surface area contributed by atoms with Crippen molar-refractivity contribution in [1.82, 2.24) is 14.5 Å². The van der Waals surface area contributed by atoms with Crippen molar-refractivity contribution in [2.75, 3.05) is 25.4 Å². The highest BCUT2D eigenvalue weighted by atomic mass is 32.2. The number of esters is 2. The summed E-state index contributed by atoms with van der Waals surface area (Å²) in [6.45, 7) is 8.73. The molecule has 0 N–H and O–H groups in total. The van der Waals surface area contributed by atoms with Gasteiger partial charge in [0.1, 0.15) is 12.7 Å². The van der Waals surface area contributed by atoms with Gasteiger partial charge in [0.25, 0.3) is 5.24 Å². The van der Waals surface area contributed by atoms with E-state index in [4.69, 9.17) is 9.47 Å². The highest BCUT2D eigenvalue weighted by molar-refractivity contribution is 8.13. The van der Waals surface area contributed by atoms with Gasteiger partial charge in [-0.05, 0) is 57.8 Å². The van der Waals surface area contributed by atoms with E-state index in [-0.39, 0.29) is 29.7 Å². The van der Waals surface area contributed by atoms with Crippen LogP contribution in [0.4, 0.5) is 4.79 Å². The Morgan fingerprint density at radius 3 is 2.04 bits per heavy atom. The number of amides is 1. The lowest BCUT2D eigenvalue weighted by Gasteiger charge is -2.23. The average Bonchev–Trinajstić information content (AvgIpc) is 3.62. The number of carbonyl (C=O) groups excluding carboxylic acids is 3. The minimum atomic E-state index is -0.201. The molecule has 8 nitrogen and oxygen atoms in total.